The number of benzene rings is 1. The minimum Gasteiger partial charge on any atom is -0.497 e. The predicted molar refractivity (Wildman–Crippen MR) is 112 cm³/mol. The van der Waals surface area contributed by atoms with Gasteiger partial charge in [0.2, 0.25) is 0 Å². The van der Waals surface area contributed by atoms with E-state index in [1.807, 2.05) is 57.4 Å². The van der Waals surface area contributed by atoms with Crippen LogP contribution in [0.25, 0.3) is 17.0 Å². The van der Waals surface area contributed by atoms with Gasteiger partial charge in [0.25, 0.3) is 0 Å². The second-order valence-electron chi connectivity index (χ2n) is 7.11. The van der Waals surface area contributed by atoms with Gasteiger partial charge in [0.1, 0.15) is 17.1 Å². The topological polar surface area (TPSA) is 73.4 Å². The fourth-order valence-corrected chi connectivity index (χ4v) is 3.29. The summed E-state index contributed by atoms with van der Waals surface area (Å²) >= 11 is 6.34. The van der Waals surface area contributed by atoms with Gasteiger partial charge in [-0.2, -0.15) is 5.10 Å². The molecule has 9 heteroatoms. The van der Waals surface area contributed by atoms with Crippen molar-refractivity contribution in [3.05, 3.63) is 53.4 Å². The van der Waals surface area contributed by atoms with E-state index in [1.165, 1.54) is 0 Å². The van der Waals surface area contributed by atoms with Gasteiger partial charge in [0.15, 0.2) is 10.8 Å². The highest BCUT2D eigenvalue weighted by atomic mass is 35.5. The second kappa shape index (κ2) is 7.71. The number of hydrogen-bond donors (Lipinski definition) is 0. The first-order chi connectivity index (χ1) is 14.0. The standard InChI is InChI=1S/C20H22ClN7O/c1-13(2)27-12-16(23-25-27)18-10-22-20-17(9-19(21)24-28(18)20)26(3)11-14-5-7-15(29-4)8-6-14/h5-10,12-13H,11H2,1-4H3. The molecule has 1 aromatic carbocycles. The normalized spacial score (nSPS) is 11.4. The first kappa shape index (κ1) is 19.2. The Morgan fingerprint density at radius 2 is 1.97 bits per heavy atom. The Morgan fingerprint density at radius 1 is 1.21 bits per heavy atom. The summed E-state index contributed by atoms with van der Waals surface area (Å²) in [5.74, 6) is 0.832. The van der Waals surface area contributed by atoms with Crippen LogP contribution in [0.2, 0.25) is 5.15 Å². The third-order valence-corrected chi connectivity index (χ3v) is 4.89. The number of imidazole rings is 1. The largest absolute Gasteiger partial charge is 0.497 e. The van der Waals surface area contributed by atoms with Crippen molar-refractivity contribution in [2.24, 2.45) is 0 Å². The van der Waals surface area contributed by atoms with Crippen LogP contribution in [0, 0.1) is 0 Å². The van der Waals surface area contributed by atoms with Crippen molar-refractivity contribution < 1.29 is 4.74 Å². The molecule has 3 aromatic heterocycles. The first-order valence-corrected chi connectivity index (χ1v) is 9.64. The summed E-state index contributed by atoms with van der Waals surface area (Å²) in [5.41, 5.74) is 4.17. The van der Waals surface area contributed by atoms with E-state index in [2.05, 4.69) is 25.3 Å². The fourth-order valence-electron chi connectivity index (χ4n) is 3.12. The molecule has 4 aromatic rings. The molecular formula is C20H22ClN7O. The number of halogens is 1. The molecule has 0 spiro atoms. The average molecular weight is 412 g/mol. The van der Waals surface area contributed by atoms with E-state index in [1.54, 1.807) is 22.5 Å². The molecule has 0 atom stereocenters. The molecule has 0 saturated carbocycles. The van der Waals surface area contributed by atoms with Crippen LogP contribution in [-0.4, -0.2) is 43.7 Å². The molecule has 0 unspecified atom stereocenters. The van der Waals surface area contributed by atoms with Crippen molar-refractivity contribution in [1.29, 1.82) is 0 Å². The Labute approximate surface area is 173 Å². The van der Waals surface area contributed by atoms with Gasteiger partial charge < -0.3 is 9.64 Å². The van der Waals surface area contributed by atoms with E-state index >= 15 is 0 Å². The van der Waals surface area contributed by atoms with E-state index in [9.17, 15) is 0 Å². The summed E-state index contributed by atoms with van der Waals surface area (Å²) in [7, 11) is 3.66. The highest BCUT2D eigenvalue weighted by Gasteiger charge is 2.17. The fraction of sp³-hybridized carbons (Fsp3) is 0.300. The van der Waals surface area contributed by atoms with Crippen molar-refractivity contribution in [3.63, 3.8) is 0 Å². The second-order valence-corrected chi connectivity index (χ2v) is 7.50. The maximum atomic E-state index is 6.34. The van der Waals surface area contributed by atoms with Gasteiger partial charge >= 0.3 is 0 Å². The maximum Gasteiger partial charge on any atom is 0.177 e. The highest BCUT2D eigenvalue weighted by Crippen LogP contribution is 2.28. The van der Waals surface area contributed by atoms with Crippen LogP contribution in [0.3, 0.4) is 0 Å². The van der Waals surface area contributed by atoms with E-state index in [0.717, 1.165) is 22.7 Å². The van der Waals surface area contributed by atoms with Crippen molar-refractivity contribution in [3.8, 4) is 17.1 Å². The van der Waals surface area contributed by atoms with Crippen LogP contribution in [0.15, 0.2) is 42.7 Å². The molecule has 4 rings (SSSR count). The quantitative estimate of drug-likeness (QED) is 0.479. The third kappa shape index (κ3) is 3.75. The zero-order valence-electron chi connectivity index (χ0n) is 16.7. The summed E-state index contributed by atoms with van der Waals surface area (Å²) in [6, 6.07) is 10.0. The van der Waals surface area contributed by atoms with Gasteiger partial charge in [-0.3, -0.25) is 0 Å². The summed E-state index contributed by atoms with van der Waals surface area (Å²) in [5, 5.41) is 13.3. The Kier molecular flexibility index (Phi) is 5.10. The monoisotopic (exact) mass is 411 g/mol. The number of ether oxygens (including phenoxy) is 1. The van der Waals surface area contributed by atoms with Crippen LogP contribution in [0.1, 0.15) is 25.5 Å². The van der Waals surface area contributed by atoms with E-state index in [4.69, 9.17) is 16.3 Å². The van der Waals surface area contributed by atoms with Crippen molar-refractivity contribution in [2.45, 2.75) is 26.4 Å². The average Bonchev–Trinajstić information content (AvgIpc) is 3.34. The van der Waals surface area contributed by atoms with Crippen molar-refractivity contribution >= 4 is 22.9 Å². The zero-order chi connectivity index (χ0) is 20.5. The Bertz CT molecular complexity index is 1130. The van der Waals surface area contributed by atoms with Crippen molar-refractivity contribution in [2.75, 3.05) is 19.1 Å². The lowest BCUT2D eigenvalue weighted by Crippen LogP contribution is -2.18. The number of aromatic nitrogens is 6. The Hall–Kier alpha value is -3.13. The number of nitrogens with zero attached hydrogens (tertiary/aromatic N) is 7. The minimum atomic E-state index is 0.221. The molecule has 3 heterocycles. The molecule has 0 fully saturated rings. The predicted octanol–water partition coefficient (Wildman–Crippen LogP) is 3.87. The summed E-state index contributed by atoms with van der Waals surface area (Å²) in [4.78, 5) is 6.67. The molecule has 0 amide bonds. The molecule has 29 heavy (non-hydrogen) atoms. The van der Waals surface area contributed by atoms with Crippen LogP contribution < -0.4 is 9.64 Å². The number of anilines is 1. The first-order valence-electron chi connectivity index (χ1n) is 9.27. The van der Waals surface area contributed by atoms with Crippen LogP contribution in [0.4, 0.5) is 5.69 Å². The van der Waals surface area contributed by atoms with Gasteiger partial charge in [0, 0.05) is 25.7 Å². The summed E-state index contributed by atoms with van der Waals surface area (Å²) in [6.07, 6.45) is 3.63. The molecule has 8 nitrogen and oxygen atoms in total. The minimum absolute atomic E-state index is 0.221. The van der Waals surface area contributed by atoms with Gasteiger partial charge in [-0.15, -0.1) is 5.10 Å². The van der Waals surface area contributed by atoms with Gasteiger partial charge in [0.05, 0.1) is 25.2 Å². The molecule has 0 saturated heterocycles. The molecule has 0 aliphatic rings. The van der Waals surface area contributed by atoms with Crippen LogP contribution in [-0.2, 0) is 6.54 Å². The molecule has 0 aliphatic carbocycles. The van der Waals surface area contributed by atoms with Crippen molar-refractivity contribution in [1.82, 2.24) is 29.6 Å². The summed E-state index contributed by atoms with van der Waals surface area (Å²) in [6.45, 7) is 4.79. The lowest BCUT2D eigenvalue weighted by Gasteiger charge is -2.20. The van der Waals surface area contributed by atoms with Crippen LogP contribution in [0.5, 0.6) is 5.75 Å². The Morgan fingerprint density at radius 3 is 2.62 bits per heavy atom. The summed E-state index contributed by atoms with van der Waals surface area (Å²) < 4.78 is 8.75. The number of hydrogen-bond acceptors (Lipinski definition) is 6. The lowest BCUT2D eigenvalue weighted by atomic mass is 10.2. The maximum absolute atomic E-state index is 6.34. The van der Waals surface area contributed by atoms with E-state index in [-0.39, 0.29) is 6.04 Å². The number of rotatable bonds is 6. The molecule has 150 valence electrons. The van der Waals surface area contributed by atoms with E-state index in [0.29, 0.717) is 23.0 Å². The number of fused-ring (bicyclic) bond motifs is 1. The molecule has 0 N–H and O–H groups in total. The van der Waals surface area contributed by atoms with Gasteiger partial charge in [-0.25, -0.2) is 14.2 Å². The molecule has 0 radical (unpaired) electrons. The highest BCUT2D eigenvalue weighted by molar-refractivity contribution is 6.29. The Balaban J connectivity index is 1.70. The lowest BCUT2D eigenvalue weighted by molar-refractivity contribution is 0.414. The van der Waals surface area contributed by atoms with Gasteiger partial charge in [-0.05, 0) is 31.5 Å². The molecule has 0 aliphatic heterocycles. The zero-order valence-corrected chi connectivity index (χ0v) is 17.5. The molecular weight excluding hydrogens is 390 g/mol. The van der Waals surface area contributed by atoms with E-state index < -0.39 is 0 Å². The number of methoxy groups -OCH3 is 1. The third-order valence-electron chi connectivity index (χ3n) is 4.71. The van der Waals surface area contributed by atoms with Gasteiger partial charge in [-0.1, -0.05) is 28.9 Å². The van der Waals surface area contributed by atoms with Crippen LogP contribution >= 0.6 is 11.6 Å². The SMILES string of the molecule is COc1ccc(CN(C)c2cc(Cl)nn3c(-c4cn(C(C)C)nn4)cnc23)cc1. The smallest absolute Gasteiger partial charge is 0.177 e. The molecule has 0 bridgehead atoms.